The average Bonchev–Trinajstić information content (AvgIpc) is 2.17. The van der Waals surface area contributed by atoms with E-state index in [1.807, 2.05) is 20.8 Å². The normalized spacial score (nSPS) is 10.9. The van der Waals surface area contributed by atoms with E-state index in [-0.39, 0.29) is 32.4 Å². The van der Waals surface area contributed by atoms with Crippen molar-refractivity contribution in [3.05, 3.63) is 0 Å². The summed E-state index contributed by atoms with van der Waals surface area (Å²) >= 11 is 0. The molecule has 0 aliphatic heterocycles. The second-order valence-electron chi connectivity index (χ2n) is 3.05. The molecule has 0 aliphatic carbocycles. The molecule has 0 bridgehead atoms. The Kier molecular flexibility index (Phi) is 20.0. The van der Waals surface area contributed by atoms with Crippen molar-refractivity contribution in [1.82, 2.24) is 5.32 Å². The van der Waals surface area contributed by atoms with E-state index in [4.69, 9.17) is 0 Å². The zero-order valence-corrected chi connectivity index (χ0v) is 10.6. The maximum absolute atomic E-state index is 10.9. The summed E-state index contributed by atoms with van der Waals surface area (Å²) in [6, 6.07) is 0. The summed E-state index contributed by atoms with van der Waals surface area (Å²) in [6.07, 6.45) is 0.922. The van der Waals surface area contributed by atoms with Gasteiger partial charge >= 0.3 is 0 Å². The highest BCUT2D eigenvalue weighted by molar-refractivity contribution is 7.85. The molecule has 0 saturated heterocycles. The fraction of sp³-hybridized carbons (Fsp3) is 0.909. The van der Waals surface area contributed by atoms with E-state index in [2.05, 4.69) is 5.32 Å². The van der Waals surface area contributed by atoms with E-state index in [9.17, 15) is 17.8 Å². The largest absolute Gasteiger partial charge is 0.748 e. The van der Waals surface area contributed by atoms with Crippen LogP contribution in [0.4, 0.5) is 0 Å². The van der Waals surface area contributed by atoms with Crippen LogP contribution in [0.1, 0.15) is 49.0 Å². The van der Waals surface area contributed by atoms with Gasteiger partial charge in [-0.3, -0.25) is 4.79 Å². The van der Waals surface area contributed by atoms with Gasteiger partial charge < -0.3 is 9.87 Å². The highest BCUT2D eigenvalue weighted by atomic mass is 32.2. The van der Waals surface area contributed by atoms with Crippen molar-refractivity contribution >= 4 is 16.0 Å². The van der Waals surface area contributed by atoms with Crippen molar-refractivity contribution in [1.29, 1.82) is 0 Å². The first-order valence-electron chi connectivity index (χ1n) is 4.99. The van der Waals surface area contributed by atoms with Gasteiger partial charge in [0, 0.05) is 18.2 Å². The molecule has 1 N–H and O–H groups in total. The summed E-state index contributed by atoms with van der Waals surface area (Å²) in [7, 11) is -3.91. The molecule has 1 unspecified atom stereocenters. The van der Waals surface area contributed by atoms with E-state index in [1.54, 1.807) is 0 Å². The first-order valence-corrected chi connectivity index (χ1v) is 6.57. The number of hydrogen-bond acceptors (Lipinski definition) is 4. The van der Waals surface area contributed by atoms with E-state index in [0.29, 0.717) is 0 Å². The molecule has 0 aromatic rings. The van der Waals surface area contributed by atoms with Gasteiger partial charge in [-0.1, -0.05) is 35.6 Å². The minimum Gasteiger partial charge on any atom is -0.748 e. The molecular weight excluding hydrogens is 242 g/mol. The minimum absolute atomic E-state index is 0. The monoisotopic (exact) mass is 270 g/mol. The number of carbonyl (C=O) groups is 1. The van der Waals surface area contributed by atoms with E-state index >= 15 is 0 Å². The van der Waals surface area contributed by atoms with Gasteiger partial charge in [0.05, 0.1) is 10.1 Å². The zero-order chi connectivity index (χ0) is 12.5. The Morgan fingerprint density at radius 3 is 1.76 bits per heavy atom. The lowest BCUT2D eigenvalue weighted by atomic mass is 10.1. The van der Waals surface area contributed by atoms with Crippen LogP contribution in [0.3, 0.4) is 0 Å². The Bertz CT molecular complexity index is 263. The van der Waals surface area contributed by atoms with Crippen molar-refractivity contribution < 1.29 is 17.8 Å². The molecule has 0 spiro atoms. The standard InChI is InChI=1S/C7H15NO.C2H6O3S.2CH4/c1-4-6(3)7(9)8-5-2;1-2-6(3,4)5;;/h6H,4-5H2,1-3H3,(H,8,9);2H2,1H3,(H,3,4,5);2*1H4/p-1. The predicted octanol–water partition coefficient (Wildman–Crippen LogP) is 1.99. The van der Waals surface area contributed by atoms with Gasteiger partial charge in [-0.05, 0) is 13.3 Å². The molecule has 5 nitrogen and oxygen atoms in total. The first-order chi connectivity index (χ1) is 6.78. The quantitative estimate of drug-likeness (QED) is 0.791. The molecule has 0 saturated carbocycles. The van der Waals surface area contributed by atoms with Crippen molar-refractivity contribution in [2.75, 3.05) is 12.3 Å². The van der Waals surface area contributed by atoms with Crippen molar-refractivity contribution in [2.45, 2.75) is 49.0 Å². The predicted molar refractivity (Wildman–Crippen MR) is 71.8 cm³/mol. The lowest BCUT2D eigenvalue weighted by molar-refractivity contribution is -0.124. The van der Waals surface area contributed by atoms with Crippen LogP contribution in [0.15, 0.2) is 0 Å². The van der Waals surface area contributed by atoms with Gasteiger partial charge in [0.15, 0.2) is 0 Å². The first kappa shape index (κ1) is 25.3. The summed E-state index contributed by atoms with van der Waals surface area (Å²) in [5, 5.41) is 2.76. The molecule has 0 rings (SSSR count). The zero-order valence-electron chi connectivity index (χ0n) is 9.74. The average molecular weight is 270 g/mol. The molecule has 0 aliphatic rings. The van der Waals surface area contributed by atoms with Crippen LogP contribution in [0.2, 0.25) is 0 Å². The summed E-state index contributed by atoms with van der Waals surface area (Å²) in [5.74, 6) is 0.0254. The molecule has 0 aromatic heterocycles. The SMILES string of the molecule is C.C.CCNC(=O)C(C)CC.CCS(=O)(=O)[O-]. The summed E-state index contributed by atoms with van der Waals surface area (Å²) in [4.78, 5) is 10.9. The molecule has 17 heavy (non-hydrogen) atoms. The van der Waals surface area contributed by atoms with Crippen LogP contribution in [0.25, 0.3) is 0 Å². The summed E-state index contributed by atoms with van der Waals surface area (Å²) in [6.45, 7) is 7.93. The smallest absolute Gasteiger partial charge is 0.222 e. The summed E-state index contributed by atoms with van der Waals surface area (Å²) in [5.41, 5.74) is 0. The molecule has 0 aromatic carbocycles. The second kappa shape index (κ2) is 13.4. The molecule has 1 amide bonds. The topological polar surface area (TPSA) is 86.3 Å². The number of rotatable bonds is 4. The lowest BCUT2D eigenvalue weighted by Gasteiger charge is -2.06. The molecule has 0 heterocycles. The van der Waals surface area contributed by atoms with Crippen molar-refractivity contribution in [2.24, 2.45) is 5.92 Å². The molecule has 1 atom stereocenters. The van der Waals surface area contributed by atoms with Gasteiger partial charge in [0.2, 0.25) is 5.91 Å². The van der Waals surface area contributed by atoms with Gasteiger partial charge in [0.1, 0.15) is 0 Å². The third-order valence-electron chi connectivity index (χ3n) is 1.76. The fourth-order valence-corrected chi connectivity index (χ4v) is 0.534. The highest BCUT2D eigenvalue weighted by Crippen LogP contribution is 1.98. The number of nitrogens with one attached hydrogen (secondary N) is 1. The Morgan fingerprint density at radius 1 is 1.24 bits per heavy atom. The van der Waals surface area contributed by atoms with Gasteiger partial charge in [0.25, 0.3) is 0 Å². The number of hydrogen-bond donors (Lipinski definition) is 1. The Labute approximate surface area is 107 Å². The van der Waals surface area contributed by atoms with Crippen molar-refractivity contribution in [3.63, 3.8) is 0 Å². The Morgan fingerprint density at radius 2 is 1.59 bits per heavy atom. The summed E-state index contributed by atoms with van der Waals surface area (Å²) < 4.78 is 28.3. The molecule has 0 radical (unpaired) electrons. The van der Waals surface area contributed by atoms with Crippen molar-refractivity contribution in [3.8, 4) is 0 Å². The van der Waals surface area contributed by atoms with Crippen LogP contribution < -0.4 is 5.32 Å². The third-order valence-corrected chi connectivity index (χ3v) is 2.47. The Balaban J connectivity index is -0.0000000945. The number of amides is 1. The van der Waals surface area contributed by atoms with Crippen LogP contribution in [-0.2, 0) is 14.9 Å². The lowest BCUT2D eigenvalue weighted by Crippen LogP contribution is -2.28. The highest BCUT2D eigenvalue weighted by Gasteiger charge is 2.06. The minimum atomic E-state index is -3.91. The third kappa shape index (κ3) is 21.3. The molecule has 6 heteroatoms. The Hall–Kier alpha value is -0.620. The van der Waals surface area contributed by atoms with Crippen LogP contribution in [0, 0.1) is 5.92 Å². The van der Waals surface area contributed by atoms with E-state index < -0.39 is 10.1 Å². The second-order valence-corrected chi connectivity index (χ2v) is 4.74. The van der Waals surface area contributed by atoms with Gasteiger partial charge in [-0.2, -0.15) is 0 Å². The van der Waals surface area contributed by atoms with E-state index in [1.165, 1.54) is 6.92 Å². The molecule has 0 fully saturated rings. The fourth-order valence-electron chi connectivity index (χ4n) is 0.534. The maximum Gasteiger partial charge on any atom is 0.222 e. The maximum atomic E-state index is 10.9. The van der Waals surface area contributed by atoms with E-state index in [0.717, 1.165) is 13.0 Å². The van der Waals surface area contributed by atoms with Crippen LogP contribution >= 0.6 is 0 Å². The molecular formula is C11H28NO4S-. The van der Waals surface area contributed by atoms with Gasteiger partial charge in [-0.25, -0.2) is 8.42 Å². The van der Waals surface area contributed by atoms with Crippen LogP contribution in [-0.4, -0.2) is 31.2 Å². The molecule has 108 valence electrons. The van der Waals surface area contributed by atoms with Crippen LogP contribution in [0.5, 0.6) is 0 Å². The van der Waals surface area contributed by atoms with Gasteiger partial charge in [-0.15, -0.1) is 0 Å². The number of carbonyl (C=O) groups excluding carboxylic acids is 1.